The van der Waals surface area contributed by atoms with Crippen LogP contribution >= 0.6 is 12.4 Å². The van der Waals surface area contributed by atoms with E-state index >= 15 is 0 Å². The van der Waals surface area contributed by atoms with E-state index in [0.29, 0.717) is 5.75 Å². The van der Waals surface area contributed by atoms with E-state index in [1.165, 1.54) is 0 Å². The van der Waals surface area contributed by atoms with Gasteiger partial charge in [-0.1, -0.05) is 18.2 Å². The monoisotopic (exact) mass is 200 g/mol. The van der Waals surface area contributed by atoms with Crippen molar-refractivity contribution < 1.29 is 22.2 Å². The molecule has 0 fully saturated rings. The van der Waals surface area contributed by atoms with Gasteiger partial charge in [0.05, 0.1) is 0 Å². The molecular formula is C7H9ClFeO. The zero-order chi connectivity index (χ0) is 5.98. The normalized spacial score (nSPS) is 7.30. The Labute approximate surface area is 77.3 Å². The van der Waals surface area contributed by atoms with Gasteiger partial charge in [-0.05, 0) is 18.6 Å². The van der Waals surface area contributed by atoms with E-state index in [9.17, 15) is 0 Å². The summed E-state index contributed by atoms with van der Waals surface area (Å²) in [7, 11) is 0. The molecule has 0 heterocycles. The minimum absolute atomic E-state index is 0. The molecule has 58 valence electrons. The average Bonchev–Trinajstić information content (AvgIpc) is 1.77. The Morgan fingerprint density at radius 3 is 2.00 bits per heavy atom. The first-order valence-corrected chi connectivity index (χ1v) is 2.55. The summed E-state index contributed by atoms with van der Waals surface area (Å²) in [5, 5.41) is 8.92. The van der Waals surface area contributed by atoms with Gasteiger partial charge in [0, 0.05) is 17.1 Å². The molecule has 0 aliphatic heterocycles. The van der Waals surface area contributed by atoms with Crippen LogP contribution in [0.1, 0.15) is 5.56 Å². The summed E-state index contributed by atoms with van der Waals surface area (Å²) >= 11 is 0. The number of halogens is 1. The molecule has 1 rings (SSSR count). The second-order valence-corrected chi connectivity index (χ2v) is 1.79. The van der Waals surface area contributed by atoms with Crippen LogP contribution in [0.25, 0.3) is 0 Å². The van der Waals surface area contributed by atoms with E-state index in [4.69, 9.17) is 5.11 Å². The van der Waals surface area contributed by atoms with Crippen LogP contribution in [0, 0.1) is 6.92 Å². The summed E-state index contributed by atoms with van der Waals surface area (Å²) in [5.74, 6) is 0.368. The van der Waals surface area contributed by atoms with Gasteiger partial charge in [-0.25, -0.2) is 0 Å². The zero-order valence-corrected chi connectivity index (χ0v) is 7.44. The fraction of sp³-hybridized carbons (Fsp3) is 0.143. The van der Waals surface area contributed by atoms with Gasteiger partial charge in [-0.2, -0.15) is 0 Å². The number of phenols is 1. The van der Waals surface area contributed by atoms with Crippen molar-refractivity contribution in [1.82, 2.24) is 0 Å². The van der Waals surface area contributed by atoms with E-state index in [1.807, 2.05) is 25.1 Å². The Kier molecular flexibility index (Phi) is 7.00. The summed E-state index contributed by atoms with van der Waals surface area (Å²) < 4.78 is 0. The van der Waals surface area contributed by atoms with Crippen molar-refractivity contribution in [3.8, 4) is 5.75 Å². The Bertz CT molecular complexity index is 170. The van der Waals surface area contributed by atoms with E-state index in [0.717, 1.165) is 5.56 Å². The molecule has 0 aliphatic carbocycles. The van der Waals surface area contributed by atoms with Crippen LogP contribution in [0.15, 0.2) is 24.3 Å². The molecule has 1 aromatic rings. The smallest absolute Gasteiger partial charge is 0.118 e. The summed E-state index contributed by atoms with van der Waals surface area (Å²) in [4.78, 5) is 0. The van der Waals surface area contributed by atoms with Crippen molar-refractivity contribution in [2.75, 3.05) is 0 Å². The Morgan fingerprint density at radius 1 is 1.20 bits per heavy atom. The molecule has 0 atom stereocenters. The van der Waals surface area contributed by atoms with Gasteiger partial charge in [-0.3, -0.25) is 0 Å². The SMILES string of the molecule is Cc1ccccc1O.Cl.[Fe]. The quantitative estimate of drug-likeness (QED) is 0.636. The van der Waals surface area contributed by atoms with Gasteiger partial charge in [0.15, 0.2) is 0 Å². The van der Waals surface area contributed by atoms with E-state index in [1.54, 1.807) is 6.07 Å². The van der Waals surface area contributed by atoms with Gasteiger partial charge in [-0.15, -0.1) is 12.4 Å². The van der Waals surface area contributed by atoms with Gasteiger partial charge < -0.3 is 5.11 Å². The molecule has 1 aromatic carbocycles. The van der Waals surface area contributed by atoms with Gasteiger partial charge in [0.1, 0.15) is 5.75 Å². The first-order chi connectivity index (χ1) is 3.80. The third-order valence-electron chi connectivity index (χ3n) is 1.12. The molecule has 0 aromatic heterocycles. The number of aryl methyl sites for hydroxylation is 1. The fourth-order valence-corrected chi connectivity index (χ4v) is 0.563. The molecular weight excluding hydrogens is 191 g/mol. The summed E-state index contributed by atoms with van der Waals surface area (Å²) in [6.45, 7) is 1.87. The number of para-hydroxylation sites is 1. The Balaban J connectivity index is 0. The van der Waals surface area contributed by atoms with Crippen LogP contribution in [-0.2, 0) is 17.1 Å². The van der Waals surface area contributed by atoms with Crippen LogP contribution in [0.4, 0.5) is 0 Å². The van der Waals surface area contributed by atoms with Crippen molar-refractivity contribution in [2.24, 2.45) is 0 Å². The van der Waals surface area contributed by atoms with Gasteiger partial charge >= 0.3 is 0 Å². The van der Waals surface area contributed by atoms with Crippen molar-refractivity contribution in [3.63, 3.8) is 0 Å². The molecule has 0 aliphatic rings. The predicted octanol–water partition coefficient (Wildman–Crippen LogP) is 2.12. The number of rotatable bonds is 0. The maximum absolute atomic E-state index is 8.92. The molecule has 0 radical (unpaired) electrons. The second kappa shape index (κ2) is 5.60. The number of aromatic hydroxyl groups is 1. The maximum atomic E-state index is 8.92. The Hall–Kier alpha value is -0.171. The number of phenolic OH excluding ortho intramolecular Hbond substituents is 1. The van der Waals surface area contributed by atoms with E-state index in [-0.39, 0.29) is 29.5 Å². The van der Waals surface area contributed by atoms with Gasteiger partial charge in [0.2, 0.25) is 0 Å². The molecule has 0 saturated heterocycles. The van der Waals surface area contributed by atoms with Crippen molar-refractivity contribution in [2.45, 2.75) is 6.92 Å². The number of hydrogen-bond donors (Lipinski definition) is 1. The molecule has 0 bridgehead atoms. The molecule has 0 unspecified atom stereocenters. The molecule has 10 heavy (non-hydrogen) atoms. The summed E-state index contributed by atoms with van der Waals surface area (Å²) in [6.07, 6.45) is 0. The largest absolute Gasteiger partial charge is 0.508 e. The molecule has 1 N–H and O–H groups in total. The Morgan fingerprint density at radius 2 is 1.70 bits per heavy atom. The molecule has 3 heteroatoms. The van der Waals surface area contributed by atoms with Gasteiger partial charge in [0.25, 0.3) is 0 Å². The summed E-state index contributed by atoms with van der Waals surface area (Å²) in [5.41, 5.74) is 0.924. The van der Waals surface area contributed by atoms with Crippen LogP contribution in [-0.4, -0.2) is 5.11 Å². The average molecular weight is 200 g/mol. The number of hydrogen-bond acceptors (Lipinski definition) is 1. The van der Waals surface area contributed by atoms with Crippen LogP contribution in [0.2, 0.25) is 0 Å². The zero-order valence-electron chi connectivity index (χ0n) is 5.52. The minimum Gasteiger partial charge on any atom is -0.508 e. The number of benzene rings is 1. The first kappa shape index (κ1) is 12.5. The third kappa shape index (κ3) is 3.11. The van der Waals surface area contributed by atoms with Crippen LogP contribution < -0.4 is 0 Å². The molecule has 0 amide bonds. The predicted molar refractivity (Wildman–Crippen MR) is 40.1 cm³/mol. The summed E-state index contributed by atoms with van der Waals surface area (Å²) in [6, 6.07) is 7.25. The first-order valence-electron chi connectivity index (χ1n) is 2.55. The molecule has 0 saturated carbocycles. The van der Waals surface area contributed by atoms with E-state index < -0.39 is 0 Å². The van der Waals surface area contributed by atoms with Crippen molar-refractivity contribution in [1.29, 1.82) is 0 Å². The van der Waals surface area contributed by atoms with Crippen molar-refractivity contribution in [3.05, 3.63) is 29.8 Å². The van der Waals surface area contributed by atoms with Crippen LogP contribution in [0.5, 0.6) is 5.75 Å². The second-order valence-electron chi connectivity index (χ2n) is 1.79. The van der Waals surface area contributed by atoms with Crippen molar-refractivity contribution >= 4 is 12.4 Å². The van der Waals surface area contributed by atoms with Crippen LogP contribution in [0.3, 0.4) is 0 Å². The molecule has 1 nitrogen and oxygen atoms in total. The standard InChI is InChI=1S/C7H8O.ClH.Fe/c1-6-4-2-3-5-7(6)8;;/h2-5,8H,1H3;1H;. The fourth-order valence-electron chi connectivity index (χ4n) is 0.563. The third-order valence-corrected chi connectivity index (χ3v) is 1.12. The topological polar surface area (TPSA) is 20.2 Å². The van der Waals surface area contributed by atoms with E-state index in [2.05, 4.69) is 0 Å². The maximum Gasteiger partial charge on any atom is 0.118 e. The minimum atomic E-state index is 0. The molecule has 0 spiro atoms.